The molecule has 0 aliphatic carbocycles. The molecule has 0 saturated carbocycles. The maximum Gasteiger partial charge on any atom is 0.0866 e. The summed E-state index contributed by atoms with van der Waals surface area (Å²) in [6, 6.07) is 36.5. The van der Waals surface area contributed by atoms with E-state index >= 15 is 0 Å². The number of rotatable bonds is 11. The molecule has 34 heavy (non-hydrogen) atoms. The Labute approximate surface area is 212 Å². The average Bonchev–Trinajstić information content (AvgIpc) is 2.87. The van der Waals surface area contributed by atoms with Gasteiger partial charge in [-0.15, -0.1) is 0 Å². The average molecular weight is 491 g/mol. The molecular weight excluding hydrogens is 463 g/mol. The van der Waals surface area contributed by atoms with Gasteiger partial charge in [-0.25, -0.2) is 0 Å². The first-order chi connectivity index (χ1) is 16.7. The minimum absolute atomic E-state index is 0.0774. The Bertz CT molecular complexity index is 1020. The second-order valence-electron chi connectivity index (χ2n) is 8.20. The van der Waals surface area contributed by atoms with Crippen molar-refractivity contribution in [3.63, 3.8) is 0 Å². The molecule has 0 aliphatic rings. The van der Waals surface area contributed by atoms with Gasteiger partial charge in [0.2, 0.25) is 0 Å². The third-order valence-electron chi connectivity index (χ3n) is 5.73. The monoisotopic (exact) mass is 490 g/mol. The molecular formula is C30H28Cl2O2. The van der Waals surface area contributed by atoms with Gasteiger partial charge in [0, 0.05) is 22.9 Å². The Balaban J connectivity index is 1.41. The molecule has 4 rings (SSSR count). The lowest BCUT2D eigenvalue weighted by atomic mass is 10.0. The highest BCUT2D eigenvalue weighted by atomic mass is 35.5. The van der Waals surface area contributed by atoms with Gasteiger partial charge in [0.25, 0.3) is 0 Å². The molecule has 0 fully saturated rings. The van der Waals surface area contributed by atoms with Crippen LogP contribution in [-0.2, 0) is 22.3 Å². The minimum atomic E-state index is -0.0774. The Hall–Kier alpha value is -2.62. The smallest absolute Gasteiger partial charge is 0.0866 e. The van der Waals surface area contributed by atoms with Crippen molar-refractivity contribution in [1.82, 2.24) is 0 Å². The zero-order valence-electron chi connectivity index (χ0n) is 18.9. The predicted octanol–water partition coefficient (Wildman–Crippen LogP) is 8.29. The molecule has 4 aromatic rings. The molecule has 0 amide bonds. The van der Waals surface area contributed by atoms with Crippen LogP contribution in [0.3, 0.4) is 0 Å². The topological polar surface area (TPSA) is 18.5 Å². The highest BCUT2D eigenvalue weighted by Gasteiger charge is 2.16. The van der Waals surface area contributed by atoms with Crippen molar-refractivity contribution in [3.05, 3.63) is 141 Å². The molecule has 174 valence electrons. The summed E-state index contributed by atoms with van der Waals surface area (Å²) >= 11 is 12.2. The summed E-state index contributed by atoms with van der Waals surface area (Å²) in [7, 11) is 0. The van der Waals surface area contributed by atoms with E-state index in [2.05, 4.69) is 48.5 Å². The fourth-order valence-electron chi connectivity index (χ4n) is 3.94. The van der Waals surface area contributed by atoms with Crippen molar-refractivity contribution >= 4 is 23.2 Å². The van der Waals surface area contributed by atoms with E-state index in [1.54, 1.807) is 0 Å². The van der Waals surface area contributed by atoms with Gasteiger partial charge < -0.3 is 9.47 Å². The largest absolute Gasteiger partial charge is 0.371 e. The molecule has 2 unspecified atom stereocenters. The zero-order valence-corrected chi connectivity index (χ0v) is 20.5. The second-order valence-corrected chi connectivity index (χ2v) is 9.07. The van der Waals surface area contributed by atoms with Gasteiger partial charge in [-0.3, -0.25) is 0 Å². The first kappa shape index (κ1) is 24.5. The fourth-order valence-corrected chi connectivity index (χ4v) is 4.19. The highest BCUT2D eigenvalue weighted by molar-refractivity contribution is 6.30. The highest BCUT2D eigenvalue weighted by Crippen LogP contribution is 2.26. The molecule has 4 aromatic carbocycles. The first-order valence-electron chi connectivity index (χ1n) is 11.5. The maximum atomic E-state index is 6.34. The summed E-state index contributed by atoms with van der Waals surface area (Å²) in [4.78, 5) is 0. The summed E-state index contributed by atoms with van der Waals surface area (Å²) in [5.74, 6) is 0. The van der Waals surface area contributed by atoms with Crippen LogP contribution >= 0.6 is 23.2 Å². The molecule has 0 bridgehead atoms. The zero-order chi connectivity index (χ0) is 23.6. The van der Waals surface area contributed by atoms with Crippen molar-refractivity contribution < 1.29 is 9.47 Å². The van der Waals surface area contributed by atoms with Gasteiger partial charge in [-0.05, 0) is 46.5 Å². The summed E-state index contributed by atoms with van der Waals surface area (Å²) in [6.45, 7) is 0.970. The van der Waals surface area contributed by atoms with E-state index in [0.717, 1.165) is 34.0 Å². The van der Waals surface area contributed by atoms with Crippen LogP contribution in [0.4, 0.5) is 0 Å². The SMILES string of the molecule is Clc1ccc(C(Cc2ccccc2)OCCOC(Cc2ccccc2)c2ccc(Cl)cc2)cc1. The Morgan fingerprint density at radius 3 is 1.18 bits per heavy atom. The van der Waals surface area contributed by atoms with E-state index in [-0.39, 0.29) is 12.2 Å². The van der Waals surface area contributed by atoms with Gasteiger partial charge in [0.1, 0.15) is 0 Å². The lowest BCUT2D eigenvalue weighted by Crippen LogP contribution is -2.15. The van der Waals surface area contributed by atoms with Crippen LogP contribution in [0.5, 0.6) is 0 Å². The van der Waals surface area contributed by atoms with Crippen LogP contribution < -0.4 is 0 Å². The third-order valence-corrected chi connectivity index (χ3v) is 6.24. The summed E-state index contributed by atoms with van der Waals surface area (Å²) in [5, 5.41) is 1.44. The number of hydrogen-bond acceptors (Lipinski definition) is 2. The maximum absolute atomic E-state index is 6.34. The van der Waals surface area contributed by atoms with E-state index in [1.807, 2.05) is 60.7 Å². The van der Waals surface area contributed by atoms with E-state index in [4.69, 9.17) is 32.7 Å². The summed E-state index contributed by atoms with van der Waals surface area (Å²) in [5.41, 5.74) is 4.66. The standard InChI is InChI=1S/C30H28Cl2O2/c31-27-15-11-25(12-16-27)29(21-23-7-3-1-4-8-23)33-19-20-34-30(22-24-9-5-2-6-10-24)26-13-17-28(32)18-14-26/h1-18,29-30H,19-22H2. The van der Waals surface area contributed by atoms with E-state index in [0.29, 0.717) is 13.2 Å². The van der Waals surface area contributed by atoms with Crippen molar-refractivity contribution in [1.29, 1.82) is 0 Å². The number of benzene rings is 4. The Morgan fingerprint density at radius 2 is 0.824 bits per heavy atom. The molecule has 0 aromatic heterocycles. The van der Waals surface area contributed by atoms with Gasteiger partial charge in [-0.2, -0.15) is 0 Å². The van der Waals surface area contributed by atoms with Gasteiger partial charge in [-0.1, -0.05) is 108 Å². The van der Waals surface area contributed by atoms with Crippen molar-refractivity contribution in [2.45, 2.75) is 25.0 Å². The van der Waals surface area contributed by atoms with Crippen LogP contribution in [0.15, 0.2) is 109 Å². The molecule has 0 radical (unpaired) electrons. The lowest BCUT2D eigenvalue weighted by Gasteiger charge is -2.22. The van der Waals surface area contributed by atoms with Crippen LogP contribution in [0.1, 0.15) is 34.5 Å². The molecule has 2 nitrogen and oxygen atoms in total. The van der Waals surface area contributed by atoms with E-state index in [9.17, 15) is 0 Å². The number of ether oxygens (including phenoxy) is 2. The second kappa shape index (κ2) is 12.7. The molecule has 4 heteroatoms. The molecule has 0 N–H and O–H groups in total. The normalized spacial score (nSPS) is 12.9. The van der Waals surface area contributed by atoms with Crippen molar-refractivity contribution in [2.75, 3.05) is 13.2 Å². The van der Waals surface area contributed by atoms with Crippen molar-refractivity contribution in [2.24, 2.45) is 0 Å². The summed E-state index contributed by atoms with van der Waals surface area (Å²) < 4.78 is 12.7. The number of hydrogen-bond donors (Lipinski definition) is 0. The van der Waals surface area contributed by atoms with Crippen LogP contribution in [0.25, 0.3) is 0 Å². The van der Waals surface area contributed by atoms with E-state index in [1.165, 1.54) is 11.1 Å². The van der Waals surface area contributed by atoms with Crippen LogP contribution in [0, 0.1) is 0 Å². The van der Waals surface area contributed by atoms with Gasteiger partial charge >= 0.3 is 0 Å². The minimum Gasteiger partial charge on any atom is -0.371 e. The Kier molecular flexibility index (Phi) is 9.18. The first-order valence-corrected chi connectivity index (χ1v) is 12.2. The van der Waals surface area contributed by atoms with Gasteiger partial charge in [0.05, 0.1) is 25.4 Å². The fraction of sp³-hybridized carbons (Fsp3) is 0.200. The van der Waals surface area contributed by atoms with Crippen LogP contribution in [-0.4, -0.2) is 13.2 Å². The molecule has 0 heterocycles. The van der Waals surface area contributed by atoms with Crippen molar-refractivity contribution in [3.8, 4) is 0 Å². The number of halogens is 2. The van der Waals surface area contributed by atoms with Crippen LogP contribution in [0.2, 0.25) is 10.0 Å². The predicted molar refractivity (Wildman–Crippen MR) is 141 cm³/mol. The molecule has 0 spiro atoms. The molecule has 0 saturated heterocycles. The van der Waals surface area contributed by atoms with Gasteiger partial charge in [0.15, 0.2) is 0 Å². The quantitative estimate of drug-likeness (QED) is 0.197. The third kappa shape index (κ3) is 7.44. The molecule has 0 aliphatic heterocycles. The molecule has 2 atom stereocenters. The lowest BCUT2D eigenvalue weighted by molar-refractivity contribution is -0.0237. The Morgan fingerprint density at radius 1 is 0.471 bits per heavy atom. The summed E-state index contributed by atoms with van der Waals surface area (Å²) in [6.07, 6.45) is 1.41. The van der Waals surface area contributed by atoms with E-state index < -0.39 is 0 Å².